The predicted molar refractivity (Wildman–Crippen MR) is 74.9 cm³/mol. The molecule has 0 saturated carbocycles. The fraction of sp³-hybridized carbons (Fsp3) is 0.188. The first-order valence-electron chi connectivity index (χ1n) is 6.02. The Bertz CT molecular complexity index is 630. The second kappa shape index (κ2) is 5.14. The zero-order valence-corrected chi connectivity index (χ0v) is 11.2. The molecule has 0 fully saturated rings. The Morgan fingerprint density at radius 1 is 1.11 bits per heavy atom. The van der Waals surface area contributed by atoms with Crippen LogP contribution in [0.1, 0.15) is 21.5 Å². The minimum absolute atomic E-state index is 0.181. The third-order valence-electron chi connectivity index (χ3n) is 3.13. The number of carboxylic acid groups (broad SMARTS) is 1. The van der Waals surface area contributed by atoms with Crippen molar-refractivity contribution in [1.29, 1.82) is 0 Å². The molecule has 0 aliphatic rings. The number of carbonyl (C=O) groups is 1. The van der Waals surface area contributed by atoms with Crippen LogP contribution in [0.3, 0.4) is 0 Å². The van der Waals surface area contributed by atoms with Crippen LogP contribution in [0.5, 0.6) is 5.75 Å². The van der Waals surface area contributed by atoms with Gasteiger partial charge in [-0.3, -0.25) is 0 Å². The topological polar surface area (TPSA) is 46.5 Å². The number of aromatic carboxylic acids is 1. The predicted octanol–water partition coefficient (Wildman–Crippen LogP) is 3.68. The Morgan fingerprint density at radius 3 is 2.47 bits per heavy atom. The van der Waals surface area contributed by atoms with Gasteiger partial charge in [0.25, 0.3) is 0 Å². The highest BCUT2D eigenvalue weighted by Gasteiger charge is 2.16. The van der Waals surface area contributed by atoms with Crippen molar-refractivity contribution in [2.75, 3.05) is 7.11 Å². The van der Waals surface area contributed by atoms with E-state index in [0.717, 1.165) is 22.3 Å². The third-order valence-corrected chi connectivity index (χ3v) is 3.13. The number of ether oxygens (including phenoxy) is 1. The van der Waals surface area contributed by atoms with Crippen LogP contribution in [0.25, 0.3) is 11.1 Å². The number of carboxylic acids is 1. The Kier molecular flexibility index (Phi) is 3.56. The first kappa shape index (κ1) is 13.1. The molecule has 0 radical (unpaired) electrons. The molecular formula is C16H16O3. The smallest absolute Gasteiger partial charge is 0.339 e. The van der Waals surface area contributed by atoms with Crippen LogP contribution in [0.2, 0.25) is 0 Å². The molecule has 0 bridgehead atoms. The standard InChI is InChI=1S/C16H16O3/c1-10-7-8-11(2)14(9-10)12-5-4-6-13(16(17)18)15(12)19-3/h4-9H,1-3H3,(H,17,18). The van der Waals surface area contributed by atoms with Gasteiger partial charge in [-0.1, -0.05) is 35.9 Å². The van der Waals surface area contributed by atoms with E-state index in [-0.39, 0.29) is 5.56 Å². The molecule has 0 amide bonds. The quantitative estimate of drug-likeness (QED) is 0.911. The molecule has 2 rings (SSSR count). The molecule has 0 atom stereocenters. The number of aryl methyl sites for hydroxylation is 2. The first-order valence-corrected chi connectivity index (χ1v) is 6.02. The van der Waals surface area contributed by atoms with E-state index >= 15 is 0 Å². The van der Waals surface area contributed by atoms with E-state index in [0.29, 0.717) is 5.75 Å². The van der Waals surface area contributed by atoms with Gasteiger partial charge in [0, 0.05) is 5.56 Å². The zero-order chi connectivity index (χ0) is 14.0. The van der Waals surface area contributed by atoms with Crippen LogP contribution < -0.4 is 4.74 Å². The molecule has 98 valence electrons. The van der Waals surface area contributed by atoms with Gasteiger partial charge in [0.05, 0.1) is 7.11 Å². The number of para-hydroxylation sites is 1. The second-order valence-corrected chi connectivity index (χ2v) is 4.51. The number of benzene rings is 2. The molecule has 0 unspecified atom stereocenters. The lowest BCUT2D eigenvalue weighted by molar-refractivity contribution is 0.0693. The van der Waals surface area contributed by atoms with Crippen LogP contribution in [-0.4, -0.2) is 18.2 Å². The largest absolute Gasteiger partial charge is 0.495 e. The van der Waals surface area contributed by atoms with Gasteiger partial charge in [0.15, 0.2) is 0 Å². The molecule has 0 aromatic heterocycles. The summed E-state index contributed by atoms with van der Waals surface area (Å²) < 4.78 is 5.31. The normalized spacial score (nSPS) is 10.3. The van der Waals surface area contributed by atoms with E-state index in [1.807, 2.05) is 38.1 Å². The molecule has 0 aliphatic heterocycles. The molecule has 3 nitrogen and oxygen atoms in total. The first-order chi connectivity index (χ1) is 9.04. The van der Waals surface area contributed by atoms with Gasteiger partial charge in [-0.2, -0.15) is 0 Å². The van der Waals surface area contributed by atoms with Crippen molar-refractivity contribution < 1.29 is 14.6 Å². The van der Waals surface area contributed by atoms with Crippen molar-refractivity contribution in [2.24, 2.45) is 0 Å². The van der Waals surface area contributed by atoms with E-state index in [4.69, 9.17) is 4.74 Å². The van der Waals surface area contributed by atoms with Crippen molar-refractivity contribution in [3.05, 3.63) is 53.1 Å². The van der Waals surface area contributed by atoms with Gasteiger partial charge in [0.2, 0.25) is 0 Å². The summed E-state index contributed by atoms with van der Waals surface area (Å²) in [6.07, 6.45) is 0. The van der Waals surface area contributed by atoms with E-state index in [1.165, 1.54) is 7.11 Å². The Balaban J connectivity index is 2.72. The van der Waals surface area contributed by atoms with Gasteiger partial charge in [-0.25, -0.2) is 4.79 Å². The zero-order valence-electron chi connectivity index (χ0n) is 11.2. The Hall–Kier alpha value is -2.29. The number of rotatable bonds is 3. The molecule has 3 heteroatoms. The summed E-state index contributed by atoms with van der Waals surface area (Å²) in [6, 6.07) is 11.3. The molecule has 0 aliphatic carbocycles. The molecule has 1 N–H and O–H groups in total. The Labute approximate surface area is 112 Å². The average Bonchev–Trinajstić information content (AvgIpc) is 2.40. The summed E-state index contributed by atoms with van der Waals surface area (Å²) >= 11 is 0. The highest BCUT2D eigenvalue weighted by atomic mass is 16.5. The SMILES string of the molecule is COc1c(C(=O)O)cccc1-c1cc(C)ccc1C. The summed E-state index contributed by atoms with van der Waals surface area (Å²) in [5, 5.41) is 9.21. The van der Waals surface area contributed by atoms with Gasteiger partial charge in [-0.05, 0) is 31.0 Å². The highest BCUT2D eigenvalue weighted by Crippen LogP contribution is 2.35. The minimum Gasteiger partial charge on any atom is -0.495 e. The van der Waals surface area contributed by atoms with Gasteiger partial charge >= 0.3 is 5.97 Å². The number of methoxy groups -OCH3 is 1. The highest BCUT2D eigenvalue weighted by molar-refractivity contribution is 5.94. The molecule has 0 saturated heterocycles. The van der Waals surface area contributed by atoms with Gasteiger partial charge in [0.1, 0.15) is 11.3 Å². The molecule has 0 heterocycles. The lowest BCUT2D eigenvalue weighted by atomic mass is 9.96. The van der Waals surface area contributed by atoms with E-state index in [9.17, 15) is 9.90 Å². The minimum atomic E-state index is -0.982. The molecule has 19 heavy (non-hydrogen) atoms. The van der Waals surface area contributed by atoms with Gasteiger partial charge in [-0.15, -0.1) is 0 Å². The van der Waals surface area contributed by atoms with E-state index in [2.05, 4.69) is 0 Å². The van der Waals surface area contributed by atoms with Crippen molar-refractivity contribution in [1.82, 2.24) is 0 Å². The average molecular weight is 256 g/mol. The van der Waals surface area contributed by atoms with Crippen LogP contribution in [0.4, 0.5) is 0 Å². The van der Waals surface area contributed by atoms with Crippen molar-refractivity contribution in [3.63, 3.8) is 0 Å². The third kappa shape index (κ3) is 2.45. The van der Waals surface area contributed by atoms with Crippen molar-refractivity contribution in [2.45, 2.75) is 13.8 Å². The van der Waals surface area contributed by atoms with Crippen LogP contribution in [-0.2, 0) is 0 Å². The summed E-state index contributed by atoms with van der Waals surface area (Å²) in [4.78, 5) is 11.2. The fourth-order valence-corrected chi connectivity index (χ4v) is 2.16. The lowest BCUT2D eigenvalue weighted by Crippen LogP contribution is -2.02. The number of hydrogen-bond acceptors (Lipinski definition) is 2. The maximum absolute atomic E-state index is 11.2. The maximum atomic E-state index is 11.2. The van der Waals surface area contributed by atoms with Crippen molar-refractivity contribution in [3.8, 4) is 16.9 Å². The Morgan fingerprint density at radius 2 is 1.84 bits per heavy atom. The van der Waals surface area contributed by atoms with E-state index < -0.39 is 5.97 Å². The molecular weight excluding hydrogens is 240 g/mol. The molecule has 2 aromatic carbocycles. The molecule has 0 spiro atoms. The lowest BCUT2D eigenvalue weighted by Gasteiger charge is -2.14. The second-order valence-electron chi connectivity index (χ2n) is 4.51. The van der Waals surface area contributed by atoms with Crippen LogP contribution >= 0.6 is 0 Å². The summed E-state index contributed by atoms with van der Waals surface area (Å²) in [5.41, 5.74) is 4.21. The fourth-order valence-electron chi connectivity index (χ4n) is 2.16. The number of hydrogen-bond donors (Lipinski definition) is 1. The van der Waals surface area contributed by atoms with Crippen molar-refractivity contribution >= 4 is 5.97 Å². The summed E-state index contributed by atoms with van der Waals surface area (Å²) in [7, 11) is 1.50. The van der Waals surface area contributed by atoms with E-state index in [1.54, 1.807) is 12.1 Å². The summed E-state index contributed by atoms with van der Waals surface area (Å²) in [5.74, 6) is -0.576. The van der Waals surface area contributed by atoms with Crippen LogP contribution in [0.15, 0.2) is 36.4 Å². The molecule has 2 aromatic rings. The summed E-state index contributed by atoms with van der Waals surface area (Å²) in [6.45, 7) is 4.01. The monoisotopic (exact) mass is 256 g/mol. The van der Waals surface area contributed by atoms with Gasteiger partial charge < -0.3 is 9.84 Å². The van der Waals surface area contributed by atoms with Crippen LogP contribution in [0, 0.1) is 13.8 Å². The maximum Gasteiger partial charge on any atom is 0.339 e.